The Kier molecular flexibility index (Phi) is 11.0. The van der Waals surface area contributed by atoms with Crippen molar-refractivity contribution in [3.63, 3.8) is 0 Å². The lowest BCUT2D eigenvalue weighted by molar-refractivity contribution is 0.590. The highest BCUT2D eigenvalue weighted by Crippen LogP contribution is 2.51. The number of halogens is 1. The molecule has 1 aromatic heterocycles. The first-order valence-corrected chi connectivity index (χ1v) is 25.1. The van der Waals surface area contributed by atoms with E-state index < -0.39 is 0 Å². The van der Waals surface area contributed by atoms with Crippen LogP contribution in [0.4, 0.5) is 55.6 Å². The van der Waals surface area contributed by atoms with Crippen LogP contribution in [0.25, 0.3) is 11.0 Å². The fraction of sp³-hybridized carbons (Fsp3) is 0.312. The van der Waals surface area contributed by atoms with Gasteiger partial charge in [-0.1, -0.05) is 171 Å². The molecule has 4 nitrogen and oxygen atoms in total. The fourth-order valence-corrected chi connectivity index (χ4v) is 10.5. The highest BCUT2D eigenvalue weighted by atomic mass is 19.1. The van der Waals surface area contributed by atoms with Crippen LogP contribution in [0, 0.1) is 5.82 Å². The molecule has 0 atom stereocenters. The number of anilines is 9. The van der Waals surface area contributed by atoms with Gasteiger partial charge in [-0.3, -0.25) is 0 Å². The molecule has 0 spiro atoms. The molecular formula is C64H69BFN3O. The van der Waals surface area contributed by atoms with Gasteiger partial charge in [0, 0.05) is 39.5 Å². The average Bonchev–Trinajstić information content (AvgIpc) is 3.67. The van der Waals surface area contributed by atoms with Crippen LogP contribution >= 0.6 is 0 Å². The largest absolute Gasteiger partial charge is 0.468 e. The number of fused-ring (bicyclic) bond motifs is 6. The van der Waals surface area contributed by atoms with E-state index in [4.69, 9.17) is 4.42 Å². The first kappa shape index (κ1) is 47.2. The summed E-state index contributed by atoms with van der Waals surface area (Å²) >= 11 is 0. The zero-order valence-electron chi connectivity index (χ0n) is 44.1. The summed E-state index contributed by atoms with van der Waals surface area (Å²) in [6.07, 6.45) is 0. The van der Waals surface area contributed by atoms with Gasteiger partial charge >= 0.3 is 0 Å². The summed E-state index contributed by atoms with van der Waals surface area (Å²) in [5.41, 5.74) is 18.4. The summed E-state index contributed by atoms with van der Waals surface area (Å²) in [4.78, 5) is 7.00. The molecule has 70 heavy (non-hydrogen) atoms. The Morgan fingerprint density at radius 1 is 0.443 bits per heavy atom. The van der Waals surface area contributed by atoms with Crippen LogP contribution in [-0.4, -0.2) is 6.71 Å². The van der Waals surface area contributed by atoms with Crippen molar-refractivity contribution in [3.05, 3.63) is 179 Å². The summed E-state index contributed by atoms with van der Waals surface area (Å²) in [5, 5.41) is 1.07. The van der Waals surface area contributed by atoms with E-state index in [1.165, 1.54) is 33.3 Å². The molecule has 8 aromatic rings. The van der Waals surface area contributed by atoms with Crippen molar-refractivity contribution in [1.82, 2.24) is 0 Å². The van der Waals surface area contributed by atoms with Gasteiger partial charge in [0.2, 0.25) is 0 Å². The zero-order chi connectivity index (χ0) is 50.0. The van der Waals surface area contributed by atoms with E-state index in [9.17, 15) is 0 Å². The molecule has 0 fully saturated rings. The van der Waals surface area contributed by atoms with Crippen molar-refractivity contribution in [2.75, 3.05) is 14.7 Å². The smallest absolute Gasteiger partial charge is 0.297 e. The average molecular weight is 926 g/mol. The van der Waals surface area contributed by atoms with E-state index in [0.29, 0.717) is 5.69 Å². The lowest BCUT2D eigenvalue weighted by Crippen LogP contribution is -2.61. The molecule has 0 N–H and O–H groups in total. The van der Waals surface area contributed by atoms with E-state index in [1.807, 2.05) is 12.1 Å². The topological polar surface area (TPSA) is 22.9 Å². The van der Waals surface area contributed by atoms with Gasteiger partial charge in [0.05, 0.1) is 22.7 Å². The van der Waals surface area contributed by atoms with Crippen molar-refractivity contribution < 1.29 is 8.81 Å². The molecule has 356 valence electrons. The summed E-state index contributed by atoms with van der Waals surface area (Å²) in [6, 6.07) is 52.4. The number of benzene rings is 7. The van der Waals surface area contributed by atoms with E-state index in [0.717, 1.165) is 67.6 Å². The molecule has 0 aliphatic carbocycles. The van der Waals surface area contributed by atoms with Crippen LogP contribution in [0.3, 0.4) is 0 Å². The number of para-hydroxylation sites is 1. The van der Waals surface area contributed by atoms with Crippen LogP contribution in [0.15, 0.2) is 150 Å². The summed E-state index contributed by atoms with van der Waals surface area (Å²) < 4.78 is 24.1. The predicted octanol–water partition coefficient (Wildman–Crippen LogP) is 16.6. The van der Waals surface area contributed by atoms with E-state index in [2.05, 4.69) is 240 Å². The molecule has 3 heterocycles. The Morgan fingerprint density at radius 2 is 0.900 bits per heavy atom. The normalized spacial score (nSPS) is 13.9. The lowest BCUT2D eigenvalue weighted by Gasteiger charge is -2.44. The Labute approximate surface area is 417 Å². The second-order valence-corrected chi connectivity index (χ2v) is 25.0. The zero-order valence-corrected chi connectivity index (χ0v) is 44.1. The second kappa shape index (κ2) is 16.3. The third-order valence-electron chi connectivity index (χ3n) is 14.7. The molecule has 2 aliphatic rings. The molecule has 0 radical (unpaired) electrons. The third kappa shape index (κ3) is 8.11. The number of furan rings is 1. The molecule has 7 aromatic carbocycles. The first-order chi connectivity index (χ1) is 32.8. The second-order valence-electron chi connectivity index (χ2n) is 25.0. The molecule has 6 heteroatoms. The van der Waals surface area contributed by atoms with Gasteiger partial charge in [-0.15, -0.1) is 0 Å². The number of hydrogen-bond donors (Lipinski definition) is 0. The minimum atomic E-state index is -0.297. The third-order valence-corrected chi connectivity index (χ3v) is 14.7. The van der Waals surface area contributed by atoms with Gasteiger partial charge in [-0.2, -0.15) is 0 Å². The monoisotopic (exact) mass is 926 g/mol. The standard InChI is InChI=1S/C64H69BFN3O/c1-60(2,3)40-20-28-45(29-21-40)67(53-19-17-16-18-51(53)66)48-38-54-57-55(39-48)69(47-32-24-42(25-33-47)62(7,8)9)58-49-36-43(63(10,11)12)27-35-56(49)70-59(58)65(57)50-37-44(64(13,14)15)26-34-52(50)68(54)46-30-22-41(23-31-46)61(4,5)6/h16-39H,1-15H3. The molecule has 0 unspecified atom stereocenters. The van der Waals surface area contributed by atoms with Gasteiger partial charge < -0.3 is 19.1 Å². The van der Waals surface area contributed by atoms with Gasteiger partial charge in [0.1, 0.15) is 11.4 Å². The van der Waals surface area contributed by atoms with Gasteiger partial charge in [0.25, 0.3) is 6.71 Å². The lowest BCUT2D eigenvalue weighted by atomic mass is 9.35. The highest BCUT2D eigenvalue weighted by molar-refractivity contribution is 7.00. The Balaban J connectivity index is 1.37. The van der Waals surface area contributed by atoms with Crippen molar-refractivity contribution in [2.45, 2.75) is 131 Å². The Morgan fingerprint density at radius 3 is 1.43 bits per heavy atom. The van der Waals surface area contributed by atoms with Crippen LogP contribution in [0.5, 0.6) is 0 Å². The molecule has 0 amide bonds. The van der Waals surface area contributed by atoms with E-state index >= 15 is 4.39 Å². The Bertz CT molecular complexity index is 3290. The summed E-state index contributed by atoms with van der Waals surface area (Å²) in [6.45, 7) is 33.7. The van der Waals surface area contributed by atoms with Gasteiger partial charge in [-0.25, -0.2) is 4.39 Å². The quantitative estimate of drug-likeness (QED) is 0.160. The van der Waals surface area contributed by atoms with Crippen LogP contribution in [-0.2, 0) is 27.1 Å². The van der Waals surface area contributed by atoms with E-state index in [-0.39, 0.29) is 39.6 Å². The maximum Gasteiger partial charge on any atom is 0.297 e. The highest BCUT2D eigenvalue weighted by Gasteiger charge is 2.48. The summed E-state index contributed by atoms with van der Waals surface area (Å²) in [7, 11) is 0. The maximum atomic E-state index is 16.7. The predicted molar refractivity (Wildman–Crippen MR) is 298 cm³/mol. The number of rotatable bonds is 5. The van der Waals surface area contributed by atoms with Crippen molar-refractivity contribution >= 4 is 85.5 Å². The number of nitrogens with zero attached hydrogens (tertiary/aromatic N) is 3. The van der Waals surface area contributed by atoms with Crippen molar-refractivity contribution in [2.24, 2.45) is 0 Å². The maximum absolute atomic E-state index is 16.7. The molecule has 0 bridgehead atoms. The summed E-state index contributed by atoms with van der Waals surface area (Å²) in [5.74, 6) is -0.297. The molecule has 2 aliphatic heterocycles. The molecule has 0 saturated carbocycles. The van der Waals surface area contributed by atoms with Gasteiger partial charge in [-0.05, 0) is 145 Å². The minimum absolute atomic E-state index is 0.0273. The van der Waals surface area contributed by atoms with E-state index in [1.54, 1.807) is 12.1 Å². The van der Waals surface area contributed by atoms with Crippen LogP contribution in [0.1, 0.15) is 132 Å². The molecular weight excluding hydrogens is 857 g/mol. The minimum Gasteiger partial charge on any atom is -0.468 e. The Hall–Kier alpha value is -6.53. The van der Waals surface area contributed by atoms with Gasteiger partial charge in [0.15, 0.2) is 0 Å². The van der Waals surface area contributed by atoms with Crippen LogP contribution in [0.2, 0.25) is 0 Å². The molecule has 10 rings (SSSR count). The first-order valence-electron chi connectivity index (χ1n) is 25.1. The van der Waals surface area contributed by atoms with Crippen molar-refractivity contribution in [3.8, 4) is 0 Å². The fourth-order valence-electron chi connectivity index (χ4n) is 10.5. The van der Waals surface area contributed by atoms with Crippen LogP contribution < -0.4 is 31.3 Å². The SMILES string of the molecule is CC(C)(C)c1ccc(N(c2cc3c4c(c2)N(c2ccc(C(C)(C)C)cc2)c2c(oc5ccc(C(C)(C)C)cc25)B4c2cc(C(C)(C)C)ccc2N3c2ccc(C(C)(C)C)cc2)c2ccccc2F)cc1. The van der Waals surface area contributed by atoms with Crippen molar-refractivity contribution in [1.29, 1.82) is 0 Å². The number of hydrogen-bond acceptors (Lipinski definition) is 4. The molecule has 0 saturated heterocycles.